The number of hydrogen-bond donors (Lipinski definition) is 1. The molecule has 1 unspecified atom stereocenters. The lowest BCUT2D eigenvalue weighted by molar-refractivity contribution is 0.0724. The van der Waals surface area contributed by atoms with Crippen LogP contribution >= 0.6 is 12.4 Å². The van der Waals surface area contributed by atoms with Gasteiger partial charge in [-0.1, -0.05) is 0 Å². The summed E-state index contributed by atoms with van der Waals surface area (Å²) in [4.78, 5) is 14.4. The van der Waals surface area contributed by atoms with Crippen LogP contribution in [0.2, 0.25) is 0 Å². The lowest BCUT2D eigenvalue weighted by Gasteiger charge is -2.26. The molecule has 128 valence electrons. The minimum Gasteiger partial charge on any atom is -0.493 e. The second-order valence-electron chi connectivity index (χ2n) is 6.40. The zero-order valence-electron chi connectivity index (χ0n) is 13.6. The molecule has 5 heteroatoms. The molecule has 23 heavy (non-hydrogen) atoms. The largest absolute Gasteiger partial charge is 0.493 e. The van der Waals surface area contributed by atoms with Gasteiger partial charge in [0.15, 0.2) is 0 Å². The fraction of sp³-hybridized carbons (Fsp3) is 0.611. The maximum atomic E-state index is 12.4. The van der Waals surface area contributed by atoms with Gasteiger partial charge in [0.25, 0.3) is 5.91 Å². The smallest absolute Gasteiger partial charge is 0.253 e. The molecule has 0 aliphatic carbocycles. The summed E-state index contributed by atoms with van der Waals surface area (Å²) in [5, 5.41) is 3.40. The molecular weight excluding hydrogens is 312 g/mol. The predicted molar refractivity (Wildman–Crippen MR) is 94.5 cm³/mol. The van der Waals surface area contributed by atoms with Gasteiger partial charge < -0.3 is 15.0 Å². The van der Waals surface area contributed by atoms with E-state index in [1.165, 1.54) is 19.3 Å². The number of likely N-dealkylation sites (tertiary alicyclic amines) is 1. The van der Waals surface area contributed by atoms with Crippen LogP contribution in [-0.2, 0) is 0 Å². The molecule has 1 aromatic rings. The molecule has 1 atom stereocenters. The number of piperidine rings is 2. The second-order valence-corrected chi connectivity index (χ2v) is 6.40. The lowest BCUT2D eigenvalue weighted by atomic mass is 10.0. The third-order valence-electron chi connectivity index (χ3n) is 4.63. The van der Waals surface area contributed by atoms with Gasteiger partial charge >= 0.3 is 0 Å². The fourth-order valence-corrected chi connectivity index (χ4v) is 3.25. The van der Waals surface area contributed by atoms with E-state index in [-0.39, 0.29) is 18.3 Å². The summed E-state index contributed by atoms with van der Waals surface area (Å²) in [5.74, 6) is 1.62. The topological polar surface area (TPSA) is 41.6 Å². The summed E-state index contributed by atoms with van der Waals surface area (Å²) in [7, 11) is 0. The van der Waals surface area contributed by atoms with Crippen molar-refractivity contribution in [1.29, 1.82) is 0 Å². The molecule has 0 aromatic heterocycles. The van der Waals surface area contributed by atoms with Crippen molar-refractivity contribution in [3.05, 3.63) is 29.8 Å². The number of rotatable bonds is 4. The number of amides is 1. The highest BCUT2D eigenvalue weighted by Gasteiger charge is 2.18. The van der Waals surface area contributed by atoms with E-state index in [0.29, 0.717) is 5.92 Å². The minimum absolute atomic E-state index is 0. The molecule has 2 aliphatic rings. The number of nitrogens with zero attached hydrogens (tertiary/aromatic N) is 1. The highest BCUT2D eigenvalue weighted by atomic mass is 35.5. The van der Waals surface area contributed by atoms with Crippen molar-refractivity contribution in [1.82, 2.24) is 10.2 Å². The third kappa shape index (κ3) is 5.11. The van der Waals surface area contributed by atoms with E-state index in [1.807, 2.05) is 29.2 Å². The molecule has 2 heterocycles. The van der Waals surface area contributed by atoms with Crippen LogP contribution in [0.4, 0.5) is 0 Å². The maximum absolute atomic E-state index is 12.4. The van der Waals surface area contributed by atoms with Gasteiger partial charge in [-0.25, -0.2) is 0 Å². The number of ether oxygens (including phenoxy) is 1. The molecule has 1 amide bonds. The van der Waals surface area contributed by atoms with E-state index in [2.05, 4.69) is 5.32 Å². The molecule has 1 N–H and O–H groups in total. The van der Waals surface area contributed by atoms with Crippen LogP contribution in [0, 0.1) is 5.92 Å². The van der Waals surface area contributed by atoms with Crippen LogP contribution in [0.3, 0.4) is 0 Å². The molecule has 2 aliphatic heterocycles. The van der Waals surface area contributed by atoms with Gasteiger partial charge in [0, 0.05) is 31.1 Å². The van der Waals surface area contributed by atoms with Gasteiger partial charge in [0.1, 0.15) is 5.75 Å². The summed E-state index contributed by atoms with van der Waals surface area (Å²) < 4.78 is 5.86. The van der Waals surface area contributed by atoms with Crippen molar-refractivity contribution in [2.24, 2.45) is 5.92 Å². The minimum atomic E-state index is 0. The first kappa shape index (κ1) is 18.1. The van der Waals surface area contributed by atoms with Crippen molar-refractivity contribution in [3.63, 3.8) is 0 Å². The number of halogens is 1. The molecule has 2 saturated heterocycles. The van der Waals surface area contributed by atoms with Crippen LogP contribution < -0.4 is 10.1 Å². The van der Waals surface area contributed by atoms with Gasteiger partial charge in [-0.3, -0.25) is 4.79 Å². The predicted octanol–water partition coefficient (Wildman–Crippen LogP) is 3.11. The molecule has 0 saturated carbocycles. The van der Waals surface area contributed by atoms with E-state index in [9.17, 15) is 4.79 Å². The van der Waals surface area contributed by atoms with Crippen molar-refractivity contribution < 1.29 is 9.53 Å². The highest BCUT2D eigenvalue weighted by molar-refractivity contribution is 5.94. The standard InChI is InChI=1S/C18H26N2O2.ClH/c21-18(20-11-2-1-3-12-20)16-6-8-17(9-7-16)22-14-15-5-4-10-19-13-15;/h6-9,15,19H,1-5,10-14H2;1H. The Morgan fingerprint density at radius 3 is 2.52 bits per heavy atom. The van der Waals surface area contributed by atoms with Gasteiger partial charge in [-0.15, -0.1) is 12.4 Å². The van der Waals surface area contributed by atoms with Gasteiger partial charge in [-0.05, 0) is 62.9 Å². The summed E-state index contributed by atoms with van der Waals surface area (Å²) >= 11 is 0. The average molecular weight is 339 g/mol. The number of nitrogens with one attached hydrogen (secondary N) is 1. The molecular formula is C18H27ClN2O2. The normalized spacial score (nSPS) is 21.4. The molecule has 0 radical (unpaired) electrons. The first-order valence-electron chi connectivity index (χ1n) is 8.56. The highest BCUT2D eigenvalue weighted by Crippen LogP contribution is 2.18. The molecule has 0 bridgehead atoms. The Morgan fingerprint density at radius 1 is 1.13 bits per heavy atom. The summed E-state index contributed by atoms with van der Waals surface area (Å²) in [5.41, 5.74) is 0.772. The van der Waals surface area contributed by atoms with E-state index in [4.69, 9.17) is 4.74 Å². The van der Waals surface area contributed by atoms with Crippen LogP contribution in [0.1, 0.15) is 42.5 Å². The Morgan fingerprint density at radius 2 is 1.87 bits per heavy atom. The number of benzene rings is 1. The van der Waals surface area contributed by atoms with Crippen LogP contribution in [0.5, 0.6) is 5.75 Å². The van der Waals surface area contributed by atoms with Crippen LogP contribution in [-0.4, -0.2) is 43.6 Å². The quantitative estimate of drug-likeness (QED) is 0.917. The number of hydrogen-bond acceptors (Lipinski definition) is 3. The second kappa shape index (κ2) is 9.14. The molecule has 0 spiro atoms. The van der Waals surface area contributed by atoms with E-state index < -0.39 is 0 Å². The zero-order valence-corrected chi connectivity index (χ0v) is 14.4. The summed E-state index contributed by atoms with van der Waals surface area (Å²) in [6, 6.07) is 7.64. The van der Waals surface area contributed by atoms with Crippen molar-refractivity contribution >= 4 is 18.3 Å². The van der Waals surface area contributed by atoms with Gasteiger partial charge in [0.2, 0.25) is 0 Å². The molecule has 4 nitrogen and oxygen atoms in total. The lowest BCUT2D eigenvalue weighted by Crippen LogP contribution is -2.35. The third-order valence-corrected chi connectivity index (χ3v) is 4.63. The average Bonchev–Trinajstić information content (AvgIpc) is 2.61. The van der Waals surface area contributed by atoms with Crippen molar-refractivity contribution in [2.45, 2.75) is 32.1 Å². The maximum Gasteiger partial charge on any atom is 0.253 e. The Hall–Kier alpha value is -1.26. The monoisotopic (exact) mass is 338 g/mol. The Bertz CT molecular complexity index is 480. The molecule has 2 fully saturated rings. The van der Waals surface area contributed by atoms with E-state index in [0.717, 1.165) is 56.9 Å². The Labute approximate surface area is 145 Å². The Balaban J connectivity index is 0.00000192. The SMILES string of the molecule is Cl.O=C(c1ccc(OCC2CCCNC2)cc1)N1CCCCC1. The number of carbonyl (C=O) groups excluding carboxylic acids is 1. The zero-order chi connectivity index (χ0) is 15.2. The van der Waals surface area contributed by atoms with Gasteiger partial charge in [0.05, 0.1) is 6.61 Å². The van der Waals surface area contributed by atoms with Crippen LogP contribution in [0.25, 0.3) is 0 Å². The number of carbonyl (C=O) groups is 1. The van der Waals surface area contributed by atoms with Crippen LogP contribution in [0.15, 0.2) is 24.3 Å². The van der Waals surface area contributed by atoms with Crippen molar-refractivity contribution in [3.8, 4) is 5.75 Å². The fourth-order valence-electron chi connectivity index (χ4n) is 3.25. The first-order valence-corrected chi connectivity index (χ1v) is 8.56. The van der Waals surface area contributed by atoms with E-state index in [1.54, 1.807) is 0 Å². The summed E-state index contributed by atoms with van der Waals surface area (Å²) in [6.45, 7) is 4.72. The van der Waals surface area contributed by atoms with Crippen molar-refractivity contribution in [2.75, 3.05) is 32.8 Å². The van der Waals surface area contributed by atoms with Gasteiger partial charge in [-0.2, -0.15) is 0 Å². The first-order chi connectivity index (χ1) is 10.8. The molecule has 3 rings (SSSR count). The molecule has 1 aromatic carbocycles. The Kier molecular flexibility index (Phi) is 7.18. The summed E-state index contributed by atoms with van der Waals surface area (Å²) in [6.07, 6.45) is 5.97. The van der Waals surface area contributed by atoms with E-state index >= 15 is 0 Å².